The predicted molar refractivity (Wildman–Crippen MR) is 97.7 cm³/mol. The third-order valence-corrected chi connectivity index (χ3v) is 5.82. The minimum atomic E-state index is -0.187. The standard InChI is InChI=1S/C22H21NO3/c24-22(20-13-25-9-10-26-20)23-12-14-11-19-15-5-1-3-7-17(15)21(14)18-8-4-2-6-16(18)19/h1-8,13-14,19,21H,9-12H2,(H,23,24)/t14-,19?,21?/m0/s1. The molecule has 4 nitrogen and oxygen atoms in total. The topological polar surface area (TPSA) is 47.6 Å². The second-order valence-corrected chi connectivity index (χ2v) is 7.20. The van der Waals surface area contributed by atoms with Crippen LogP contribution in [-0.2, 0) is 14.3 Å². The van der Waals surface area contributed by atoms with Gasteiger partial charge in [-0.05, 0) is 34.6 Å². The number of hydrogen-bond donors (Lipinski definition) is 1. The van der Waals surface area contributed by atoms with E-state index < -0.39 is 0 Å². The average Bonchev–Trinajstić information content (AvgIpc) is 2.73. The van der Waals surface area contributed by atoms with Crippen molar-refractivity contribution in [3.63, 3.8) is 0 Å². The Morgan fingerprint density at radius 1 is 0.962 bits per heavy atom. The van der Waals surface area contributed by atoms with E-state index in [1.54, 1.807) is 0 Å². The van der Waals surface area contributed by atoms with Gasteiger partial charge in [-0.2, -0.15) is 0 Å². The molecule has 2 aromatic rings. The third-order valence-electron chi connectivity index (χ3n) is 5.82. The van der Waals surface area contributed by atoms with Gasteiger partial charge in [0, 0.05) is 18.4 Å². The Balaban J connectivity index is 1.42. The molecule has 0 unspecified atom stereocenters. The molecule has 1 heterocycles. The maximum Gasteiger partial charge on any atom is 0.289 e. The average molecular weight is 347 g/mol. The second kappa shape index (κ2) is 6.20. The van der Waals surface area contributed by atoms with Crippen molar-refractivity contribution >= 4 is 5.91 Å². The first-order chi connectivity index (χ1) is 12.8. The molecule has 1 N–H and O–H groups in total. The molecule has 1 atom stereocenters. The van der Waals surface area contributed by atoms with Gasteiger partial charge in [-0.15, -0.1) is 0 Å². The zero-order valence-corrected chi connectivity index (χ0v) is 14.5. The molecule has 2 aromatic carbocycles. The monoisotopic (exact) mass is 347 g/mol. The van der Waals surface area contributed by atoms with Gasteiger partial charge in [-0.3, -0.25) is 4.79 Å². The lowest BCUT2D eigenvalue weighted by Gasteiger charge is -2.45. The first-order valence-corrected chi connectivity index (χ1v) is 9.23. The van der Waals surface area contributed by atoms with Gasteiger partial charge in [0.1, 0.15) is 19.5 Å². The van der Waals surface area contributed by atoms with Crippen molar-refractivity contribution in [3.8, 4) is 0 Å². The summed E-state index contributed by atoms with van der Waals surface area (Å²) in [5, 5.41) is 3.06. The molecule has 0 saturated heterocycles. The summed E-state index contributed by atoms with van der Waals surface area (Å²) in [4.78, 5) is 12.4. The third kappa shape index (κ3) is 2.40. The van der Waals surface area contributed by atoms with Gasteiger partial charge in [-0.25, -0.2) is 0 Å². The first-order valence-electron chi connectivity index (χ1n) is 9.23. The SMILES string of the molecule is O=C(NC[C@@H]1CC2c3ccccc3C1c1ccccc12)C1=COCCO1. The van der Waals surface area contributed by atoms with Crippen molar-refractivity contribution in [1.82, 2.24) is 5.32 Å². The molecule has 0 aromatic heterocycles. The highest BCUT2D eigenvalue weighted by molar-refractivity contribution is 5.91. The summed E-state index contributed by atoms with van der Waals surface area (Å²) < 4.78 is 10.6. The molecule has 4 aliphatic rings. The number of amides is 1. The highest BCUT2D eigenvalue weighted by Crippen LogP contribution is 2.55. The van der Waals surface area contributed by atoms with Crippen molar-refractivity contribution in [2.24, 2.45) is 5.92 Å². The Kier molecular flexibility index (Phi) is 3.70. The Morgan fingerprint density at radius 2 is 1.62 bits per heavy atom. The zero-order valence-electron chi connectivity index (χ0n) is 14.5. The minimum absolute atomic E-state index is 0.187. The molecule has 132 valence electrons. The van der Waals surface area contributed by atoms with E-state index in [1.807, 2.05) is 0 Å². The normalized spacial score (nSPS) is 25.2. The zero-order chi connectivity index (χ0) is 17.5. The lowest BCUT2D eigenvalue weighted by molar-refractivity contribution is -0.122. The van der Waals surface area contributed by atoms with Gasteiger partial charge in [0.2, 0.25) is 5.76 Å². The summed E-state index contributed by atoms with van der Waals surface area (Å²) in [6, 6.07) is 17.5. The molecule has 0 fully saturated rings. The van der Waals surface area contributed by atoms with Crippen LogP contribution in [0.5, 0.6) is 0 Å². The molecule has 26 heavy (non-hydrogen) atoms. The van der Waals surface area contributed by atoms with E-state index in [9.17, 15) is 4.79 Å². The van der Waals surface area contributed by atoms with E-state index in [2.05, 4.69) is 53.8 Å². The van der Waals surface area contributed by atoms with Crippen LogP contribution in [0.2, 0.25) is 0 Å². The second-order valence-electron chi connectivity index (χ2n) is 7.20. The summed E-state index contributed by atoms with van der Waals surface area (Å²) in [5.74, 6) is 1.23. The van der Waals surface area contributed by atoms with Crippen molar-refractivity contribution < 1.29 is 14.3 Å². The summed E-state index contributed by atoms with van der Waals surface area (Å²) >= 11 is 0. The molecule has 4 heteroatoms. The predicted octanol–water partition coefficient (Wildman–Crippen LogP) is 3.29. The van der Waals surface area contributed by atoms with Crippen LogP contribution in [0.1, 0.15) is 40.5 Å². The maximum atomic E-state index is 12.4. The molecule has 0 radical (unpaired) electrons. The quantitative estimate of drug-likeness (QED) is 0.927. The molecular weight excluding hydrogens is 326 g/mol. The van der Waals surface area contributed by atoms with Crippen molar-refractivity contribution in [2.45, 2.75) is 18.3 Å². The van der Waals surface area contributed by atoms with Gasteiger partial charge in [0.05, 0.1) is 0 Å². The minimum Gasteiger partial charge on any atom is -0.494 e. The fraction of sp³-hybridized carbons (Fsp3) is 0.318. The lowest BCUT2D eigenvalue weighted by atomic mass is 9.59. The highest BCUT2D eigenvalue weighted by Gasteiger charge is 2.42. The van der Waals surface area contributed by atoms with Gasteiger partial charge >= 0.3 is 0 Å². The molecule has 3 aliphatic carbocycles. The van der Waals surface area contributed by atoms with Crippen LogP contribution in [-0.4, -0.2) is 25.7 Å². The van der Waals surface area contributed by atoms with Crippen molar-refractivity contribution in [2.75, 3.05) is 19.8 Å². The summed E-state index contributed by atoms with van der Waals surface area (Å²) in [7, 11) is 0. The molecule has 0 spiro atoms. The van der Waals surface area contributed by atoms with Gasteiger partial charge in [0.15, 0.2) is 0 Å². The summed E-state index contributed by atoms with van der Waals surface area (Å²) in [6.45, 7) is 1.56. The van der Waals surface area contributed by atoms with Crippen LogP contribution in [0.25, 0.3) is 0 Å². The van der Waals surface area contributed by atoms with Crippen molar-refractivity contribution in [1.29, 1.82) is 0 Å². The Hall–Kier alpha value is -2.75. The van der Waals surface area contributed by atoms with Crippen molar-refractivity contribution in [3.05, 3.63) is 82.8 Å². The number of rotatable bonds is 3. The molecule has 6 rings (SSSR count). The smallest absolute Gasteiger partial charge is 0.289 e. The number of fused-ring (bicyclic) bond motifs is 1. The number of nitrogens with one attached hydrogen (secondary N) is 1. The van der Waals surface area contributed by atoms with Crippen LogP contribution in [0.3, 0.4) is 0 Å². The van der Waals surface area contributed by atoms with E-state index in [1.165, 1.54) is 28.5 Å². The fourth-order valence-electron chi connectivity index (χ4n) is 4.76. The fourth-order valence-corrected chi connectivity index (χ4v) is 4.76. The summed E-state index contributed by atoms with van der Waals surface area (Å²) in [6.07, 6.45) is 2.48. The van der Waals surface area contributed by atoms with Gasteiger partial charge < -0.3 is 14.8 Å². The van der Waals surface area contributed by atoms with E-state index in [0.717, 1.165) is 6.42 Å². The van der Waals surface area contributed by atoms with Gasteiger partial charge in [-0.1, -0.05) is 48.5 Å². The Morgan fingerprint density at radius 3 is 2.23 bits per heavy atom. The van der Waals surface area contributed by atoms with Crippen LogP contribution in [0, 0.1) is 5.92 Å². The Labute approximate surface area is 152 Å². The maximum absolute atomic E-state index is 12.4. The van der Waals surface area contributed by atoms with E-state index in [0.29, 0.717) is 37.5 Å². The molecule has 2 bridgehead atoms. The highest BCUT2D eigenvalue weighted by atomic mass is 16.6. The number of carbonyl (C=O) groups excluding carboxylic acids is 1. The lowest BCUT2D eigenvalue weighted by Crippen LogP contribution is -2.40. The molecular formula is C22H21NO3. The van der Waals surface area contributed by atoms with Crippen LogP contribution in [0.4, 0.5) is 0 Å². The number of hydrogen-bond acceptors (Lipinski definition) is 3. The number of benzene rings is 2. The van der Waals surface area contributed by atoms with E-state index >= 15 is 0 Å². The van der Waals surface area contributed by atoms with E-state index in [4.69, 9.17) is 9.47 Å². The summed E-state index contributed by atoms with van der Waals surface area (Å²) in [5.41, 5.74) is 5.73. The molecule has 0 saturated carbocycles. The van der Waals surface area contributed by atoms with Crippen LogP contribution < -0.4 is 5.32 Å². The number of ether oxygens (including phenoxy) is 2. The van der Waals surface area contributed by atoms with E-state index in [-0.39, 0.29) is 11.7 Å². The molecule has 1 amide bonds. The largest absolute Gasteiger partial charge is 0.494 e. The Bertz CT molecular complexity index is 841. The molecule has 1 aliphatic heterocycles. The van der Waals surface area contributed by atoms with Crippen LogP contribution in [0.15, 0.2) is 60.6 Å². The van der Waals surface area contributed by atoms with Crippen LogP contribution >= 0.6 is 0 Å². The van der Waals surface area contributed by atoms with Gasteiger partial charge in [0.25, 0.3) is 5.91 Å². The first kappa shape index (κ1) is 15.5. The number of carbonyl (C=O) groups is 1.